The van der Waals surface area contributed by atoms with Crippen LogP contribution in [0.25, 0.3) is 0 Å². The van der Waals surface area contributed by atoms with Crippen molar-refractivity contribution in [3.05, 3.63) is 94.5 Å². The zero-order chi connectivity index (χ0) is 21.1. The molecule has 4 N–H and O–H groups in total. The normalized spacial score (nSPS) is 12.5. The third kappa shape index (κ3) is 3.98. The van der Waals surface area contributed by atoms with Gasteiger partial charge in [-0.1, -0.05) is 42.5 Å². The van der Waals surface area contributed by atoms with E-state index in [0.29, 0.717) is 18.9 Å². The first-order valence-electron chi connectivity index (χ1n) is 9.77. The summed E-state index contributed by atoms with van der Waals surface area (Å²) in [7, 11) is 0. The molecule has 0 spiro atoms. The summed E-state index contributed by atoms with van der Waals surface area (Å²) < 4.78 is 6.01. The molecule has 1 aliphatic heterocycles. The van der Waals surface area contributed by atoms with Gasteiger partial charge >= 0.3 is 5.97 Å². The van der Waals surface area contributed by atoms with Crippen molar-refractivity contribution in [1.82, 2.24) is 0 Å². The molecule has 1 aliphatic rings. The fourth-order valence-electron chi connectivity index (χ4n) is 3.79. The van der Waals surface area contributed by atoms with Crippen LogP contribution in [-0.4, -0.2) is 23.5 Å². The Morgan fingerprint density at radius 2 is 1.90 bits per heavy atom. The summed E-state index contributed by atoms with van der Waals surface area (Å²) in [5.41, 5.74) is 10.5. The van der Waals surface area contributed by atoms with Crippen LogP contribution in [0.4, 0.5) is 5.69 Å². The molecular formula is C24H23N3O3. The maximum absolute atomic E-state index is 11.8. The lowest BCUT2D eigenvalue weighted by molar-refractivity contribution is 0.0691. The summed E-state index contributed by atoms with van der Waals surface area (Å²) in [6.45, 7) is 1.65. The van der Waals surface area contributed by atoms with Crippen LogP contribution in [0, 0.1) is 5.41 Å². The number of amidine groups is 1. The topological polar surface area (TPSA) is 99.6 Å². The van der Waals surface area contributed by atoms with Crippen LogP contribution >= 0.6 is 0 Å². The van der Waals surface area contributed by atoms with E-state index in [1.807, 2.05) is 54.6 Å². The molecule has 0 radical (unpaired) electrons. The number of aromatic carboxylic acids is 1. The first kappa shape index (κ1) is 19.5. The Hall–Kier alpha value is -3.80. The van der Waals surface area contributed by atoms with Gasteiger partial charge in [-0.15, -0.1) is 0 Å². The molecule has 3 aromatic rings. The summed E-state index contributed by atoms with van der Waals surface area (Å²) >= 11 is 0. The fraction of sp³-hybridized carbons (Fsp3) is 0.167. The summed E-state index contributed by atoms with van der Waals surface area (Å²) in [6, 6.07) is 20.7. The highest BCUT2D eigenvalue weighted by Crippen LogP contribution is 2.33. The van der Waals surface area contributed by atoms with Gasteiger partial charge in [0.1, 0.15) is 23.8 Å². The van der Waals surface area contributed by atoms with E-state index < -0.39 is 5.97 Å². The third-order valence-electron chi connectivity index (χ3n) is 5.30. The van der Waals surface area contributed by atoms with Gasteiger partial charge < -0.3 is 20.5 Å². The van der Waals surface area contributed by atoms with Crippen molar-refractivity contribution in [2.75, 3.05) is 11.4 Å². The maximum atomic E-state index is 11.8. The minimum atomic E-state index is -1.01. The molecule has 0 saturated heterocycles. The predicted octanol–water partition coefficient (Wildman–Crippen LogP) is 3.81. The monoisotopic (exact) mass is 401 g/mol. The summed E-state index contributed by atoms with van der Waals surface area (Å²) in [5.74, 6) is -0.544. The minimum absolute atomic E-state index is 0.0574. The van der Waals surface area contributed by atoms with Gasteiger partial charge in [0, 0.05) is 29.9 Å². The number of anilines is 1. The molecule has 0 unspecified atom stereocenters. The van der Waals surface area contributed by atoms with Crippen LogP contribution in [0.1, 0.15) is 32.6 Å². The predicted molar refractivity (Wildman–Crippen MR) is 116 cm³/mol. The summed E-state index contributed by atoms with van der Waals surface area (Å²) in [4.78, 5) is 14.0. The molecule has 0 fully saturated rings. The molecule has 1 heterocycles. The van der Waals surface area contributed by atoms with E-state index in [4.69, 9.17) is 15.9 Å². The lowest BCUT2D eigenvalue weighted by Gasteiger charge is -2.22. The van der Waals surface area contributed by atoms with Crippen LogP contribution in [0.2, 0.25) is 0 Å². The van der Waals surface area contributed by atoms with Crippen molar-refractivity contribution in [3.63, 3.8) is 0 Å². The van der Waals surface area contributed by atoms with E-state index in [2.05, 4.69) is 4.90 Å². The van der Waals surface area contributed by atoms with Gasteiger partial charge in [0.15, 0.2) is 0 Å². The number of nitrogen functional groups attached to an aromatic ring is 1. The SMILES string of the molecule is N=C(N)c1ccc2c(c1)CCN2Cc1cccc(C(=O)O)c1OCc1ccccc1. The highest BCUT2D eigenvalue weighted by Gasteiger charge is 2.23. The molecule has 6 nitrogen and oxygen atoms in total. The number of carbonyl (C=O) groups is 1. The number of nitrogens with one attached hydrogen (secondary N) is 1. The molecule has 0 bridgehead atoms. The van der Waals surface area contributed by atoms with E-state index in [1.165, 1.54) is 0 Å². The average molecular weight is 401 g/mol. The van der Waals surface area contributed by atoms with E-state index >= 15 is 0 Å². The molecule has 0 aromatic heterocycles. The first-order valence-corrected chi connectivity index (χ1v) is 9.77. The van der Waals surface area contributed by atoms with Crippen molar-refractivity contribution in [3.8, 4) is 5.75 Å². The van der Waals surface area contributed by atoms with Crippen molar-refractivity contribution in [1.29, 1.82) is 5.41 Å². The van der Waals surface area contributed by atoms with Gasteiger partial charge in [0.05, 0.1) is 0 Å². The lowest BCUT2D eigenvalue weighted by atomic mass is 10.1. The molecule has 6 heteroatoms. The number of benzene rings is 3. The molecule has 30 heavy (non-hydrogen) atoms. The van der Waals surface area contributed by atoms with Crippen molar-refractivity contribution in [2.24, 2.45) is 5.73 Å². The second kappa shape index (κ2) is 8.29. The highest BCUT2D eigenvalue weighted by molar-refractivity contribution is 5.95. The number of hydrogen-bond acceptors (Lipinski definition) is 4. The number of rotatable bonds is 7. The molecule has 0 saturated carbocycles. The standard InChI is InChI=1S/C24H23N3O3/c25-23(26)18-9-10-21-17(13-18)11-12-27(21)14-19-7-4-8-20(24(28)29)22(19)30-15-16-5-2-1-3-6-16/h1-10,13H,11-12,14-15H2,(H3,25,26)(H,28,29). The van der Waals surface area contributed by atoms with Gasteiger partial charge in [-0.05, 0) is 41.8 Å². The van der Waals surface area contributed by atoms with Crippen molar-refractivity contribution >= 4 is 17.5 Å². The molecule has 3 aromatic carbocycles. The minimum Gasteiger partial charge on any atom is -0.488 e. The molecule has 0 atom stereocenters. The number of nitrogens with two attached hydrogens (primary N) is 1. The summed E-state index contributed by atoms with van der Waals surface area (Å²) in [5, 5.41) is 17.3. The number of ether oxygens (including phenoxy) is 1. The van der Waals surface area contributed by atoms with Gasteiger partial charge in [-0.2, -0.15) is 0 Å². The Kier molecular flexibility index (Phi) is 5.39. The van der Waals surface area contributed by atoms with E-state index in [9.17, 15) is 9.90 Å². The Labute approximate surface area is 175 Å². The zero-order valence-corrected chi connectivity index (χ0v) is 16.5. The third-order valence-corrected chi connectivity index (χ3v) is 5.30. The number of nitrogens with zero attached hydrogens (tertiary/aromatic N) is 1. The van der Waals surface area contributed by atoms with E-state index in [0.717, 1.165) is 40.9 Å². The fourth-order valence-corrected chi connectivity index (χ4v) is 3.79. The lowest BCUT2D eigenvalue weighted by Crippen LogP contribution is -2.21. The Morgan fingerprint density at radius 3 is 2.63 bits per heavy atom. The van der Waals surface area contributed by atoms with Crippen LogP contribution in [0.5, 0.6) is 5.75 Å². The van der Waals surface area contributed by atoms with E-state index in [-0.39, 0.29) is 11.4 Å². The van der Waals surface area contributed by atoms with Crippen LogP contribution < -0.4 is 15.4 Å². The smallest absolute Gasteiger partial charge is 0.339 e. The molecule has 4 rings (SSSR count). The summed E-state index contributed by atoms with van der Waals surface area (Å²) in [6.07, 6.45) is 0.856. The van der Waals surface area contributed by atoms with Crippen LogP contribution in [0.3, 0.4) is 0 Å². The Bertz CT molecular complexity index is 1100. The highest BCUT2D eigenvalue weighted by atomic mass is 16.5. The number of para-hydroxylation sites is 1. The second-order valence-electron chi connectivity index (χ2n) is 7.30. The van der Waals surface area contributed by atoms with Gasteiger partial charge in [-0.3, -0.25) is 5.41 Å². The molecular weight excluding hydrogens is 378 g/mol. The molecule has 152 valence electrons. The van der Waals surface area contributed by atoms with Gasteiger partial charge in [0.25, 0.3) is 0 Å². The van der Waals surface area contributed by atoms with Crippen molar-refractivity contribution in [2.45, 2.75) is 19.6 Å². The Balaban J connectivity index is 1.61. The van der Waals surface area contributed by atoms with E-state index in [1.54, 1.807) is 12.1 Å². The zero-order valence-electron chi connectivity index (χ0n) is 16.5. The molecule has 0 aliphatic carbocycles. The second-order valence-corrected chi connectivity index (χ2v) is 7.30. The van der Waals surface area contributed by atoms with Crippen LogP contribution in [0.15, 0.2) is 66.7 Å². The van der Waals surface area contributed by atoms with Gasteiger partial charge in [-0.25, -0.2) is 4.79 Å². The van der Waals surface area contributed by atoms with Crippen molar-refractivity contribution < 1.29 is 14.6 Å². The average Bonchev–Trinajstić information content (AvgIpc) is 3.15. The first-order chi connectivity index (χ1) is 14.5. The number of fused-ring (bicyclic) bond motifs is 1. The number of carboxylic acid groups (broad SMARTS) is 1. The van der Waals surface area contributed by atoms with Crippen LogP contribution in [-0.2, 0) is 19.6 Å². The Morgan fingerprint density at radius 1 is 1.10 bits per heavy atom. The number of hydrogen-bond donors (Lipinski definition) is 3. The van der Waals surface area contributed by atoms with Gasteiger partial charge in [0.2, 0.25) is 0 Å². The molecule has 0 amide bonds. The number of carboxylic acids is 1. The largest absolute Gasteiger partial charge is 0.488 e. The quantitative estimate of drug-likeness (QED) is 0.413. The maximum Gasteiger partial charge on any atom is 0.339 e.